The first kappa shape index (κ1) is 14.1. The molecule has 0 aromatic heterocycles. The molecule has 0 aliphatic rings. The molecule has 0 aliphatic carbocycles. The SMILES string of the molecule is COC(=O)NS(=O)(=O)N[C@H](CO)C(C)C. The molecule has 1 atom stereocenters. The number of aliphatic hydroxyl groups excluding tert-OH is 1. The van der Waals surface area contributed by atoms with Gasteiger partial charge in [-0.15, -0.1) is 0 Å². The molecule has 0 aromatic carbocycles. The lowest BCUT2D eigenvalue weighted by Crippen LogP contribution is -2.48. The first-order valence-corrected chi connectivity index (χ1v) is 5.79. The topological polar surface area (TPSA) is 105 Å². The van der Waals surface area contributed by atoms with Crippen molar-refractivity contribution in [1.29, 1.82) is 0 Å². The van der Waals surface area contributed by atoms with Gasteiger partial charge in [0.05, 0.1) is 13.7 Å². The molecule has 0 aliphatic heterocycles. The van der Waals surface area contributed by atoms with Crippen LogP contribution in [0, 0.1) is 5.92 Å². The summed E-state index contributed by atoms with van der Waals surface area (Å²) in [5, 5.41) is 8.88. The van der Waals surface area contributed by atoms with Crippen molar-refractivity contribution in [1.82, 2.24) is 9.44 Å². The molecule has 0 heterocycles. The third kappa shape index (κ3) is 5.55. The molecule has 1 amide bonds. The van der Waals surface area contributed by atoms with Gasteiger partial charge in [0, 0.05) is 6.04 Å². The molecule has 0 fully saturated rings. The fraction of sp³-hybridized carbons (Fsp3) is 0.857. The normalized spacial score (nSPS) is 13.7. The molecule has 7 nitrogen and oxygen atoms in total. The molecular formula is C7H16N2O5S. The summed E-state index contributed by atoms with van der Waals surface area (Å²) >= 11 is 0. The summed E-state index contributed by atoms with van der Waals surface area (Å²) in [5.41, 5.74) is 0. The Morgan fingerprint density at radius 3 is 2.33 bits per heavy atom. The van der Waals surface area contributed by atoms with E-state index in [1.54, 1.807) is 18.6 Å². The van der Waals surface area contributed by atoms with Crippen LogP contribution in [0.4, 0.5) is 4.79 Å². The number of hydrogen-bond acceptors (Lipinski definition) is 5. The zero-order valence-electron chi connectivity index (χ0n) is 8.85. The Kier molecular flexibility index (Phi) is 5.55. The van der Waals surface area contributed by atoms with Crippen molar-refractivity contribution >= 4 is 16.3 Å². The van der Waals surface area contributed by atoms with E-state index >= 15 is 0 Å². The number of nitrogens with one attached hydrogen (secondary N) is 2. The number of carbonyl (C=O) groups excluding carboxylic acids is 1. The van der Waals surface area contributed by atoms with Crippen molar-refractivity contribution in [3.63, 3.8) is 0 Å². The number of aliphatic hydroxyl groups is 1. The van der Waals surface area contributed by atoms with Crippen molar-refractivity contribution in [3.05, 3.63) is 0 Å². The van der Waals surface area contributed by atoms with Crippen molar-refractivity contribution in [2.75, 3.05) is 13.7 Å². The molecule has 0 radical (unpaired) electrons. The number of carbonyl (C=O) groups is 1. The van der Waals surface area contributed by atoms with E-state index in [1.165, 1.54) is 0 Å². The Morgan fingerprint density at radius 1 is 1.47 bits per heavy atom. The van der Waals surface area contributed by atoms with Gasteiger partial charge in [-0.25, -0.2) is 9.52 Å². The van der Waals surface area contributed by atoms with Crippen LogP contribution in [-0.2, 0) is 14.9 Å². The molecule has 3 N–H and O–H groups in total. The Labute approximate surface area is 89.0 Å². The third-order valence-corrected chi connectivity index (χ3v) is 2.76. The van der Waals surface area contributed by atoms with Crippen LogP contribution in [-0.4, -0.2) is 39.4 Å². The number of methoxy groups -OCH3 is 1. The quantitative estimate of drug-likeness (QED) is 0.583. The van der Waals surface area contributed by atoms with Gasteiger partial charge in [-0.3, -0.25) is 0 Å². The first-order chi connectivity index (χ1) is 6.82. The van der Waals surface area contributed by atoms with Crippen LogP contribution in [0.15, 0.2) is 0 Å². The number of hydrogen-bond donors (Lipinski definition) is 3. The summed E-state index contributed by atoms with van der Waals surface area (Å²) in [7, 11) is -2.93. The van der Waals surface area contributed by atoms with Gasteiger partial charge in [-0.05, 0) is 5.92 Å². The van der Waals surface area contributed by atoms with Crippen LogP contribution in [0.2, 0.25) is 0 Å². The highest BCUT2D eigenvalue weighted by Crippen LogP contribution is 2.01. The maximum Gasteiger partial charge on any atom is 0.421 e. The maximum absolute atomic E-state index is 11.2. The van der Waals surface area contributed by atoms with E-state index in [4.69, 9.17) is 5.11 Å². The van der Waals surface area contributed by atoms with Gasteiger partial charge in [0.2, 0.25) is 0 Å². The minimum absolute atomic E-state index is 0.0933. The fourth-order valence-corrected chi connectivity index (χ4v) is 1.87. The summed E-state index contributed by atoms with van der Waals surface area (Å²) in [6.45, 7) is 3.13. The van der Waals surface area contributed by atoms with E-state index in [1.807, 2.05) is 0 Å². The Bertz CT molecular complexity index is 301. The molecule has 0 saturated heterocycles. The highest BCUT2D eigenvalue weighted by atomic mass is 32.2. The predicted molar refractivity (Wildman–Crippen MR) is 53.3 cm³/mol. The van der Waals surface area contributed by atoms with Gasteiger partial charge >= 0.3 is 16.3 Å². The van der Waals surface area contributed by atoms with E-state index in [-0.39, 0.29) is 12.5 Å². The minimum Gasteiger partial charge on any atom is -0.452 e. The standard InChI is InChI=1S/C7H16N2O5S/c1-5(2)6(4-10)8-15(12,13)9-7(11)14-3/h5-6,8,10H,4H2,1-3H3,(H,9,11)/t6-/m1/s1. The second kappa shape index (κ2) is 5.89. The van der Waals surface area contributed by atoms with Crippen LogP contribution in [0.25, 0.3) is 0 Å². The van der Waals surface area contributed by atoms with Crippen LogP contribution in [0.5, 0.6) is 0 Å². The van der Waals surface area contributed by atoms with Gasteiger partial charge in [-0.2, -0.15) is 13.1 Å². The molecule has 0 saturated carbocycles. The molecule has 0 spiro atoms. The molecule has 90 valence electrons. The van der Waals surface area contributed by atoms with E-state index < -0.39 is 22.3 Å². The largest absolute Gasteiger partial charge is 0.452 e. The monoisotopic (exact) mass is 240 g/mol. The van der Waals surface area contributed by atoms with Gasteiger partial charge < -0.3 is 9.84 Å². The van der Waals surface area contributed by atoms with Crippen molar-refractivity contribution in [2.24, 2.45) is 5.92 Å². The van der Waals surface area contributed by atoms with Crippen molar-refractivity contribution in [3.8, 4) is 0 Å². The Morgan fingerprint density at radius 2 is 2.00 bits per heavy atom. The average molecular weight is 240 g/mol. The third-order valence-electron chi connectivity index (χ3n) is 1.71. The van der Waals surface area contributed by atoms with E-state index in [9.17, 15) is 13.2 Å². The zero-order valence-corrected chi connectivity index (χ0v) is 9.67. The Hall–Kier alpha value is -0.860. The molecule has 0 unspecified atom stereocenters. The van der Waals surface area contributed by atoms with Crippen LogP contribution in [0.1, 0.15) is 13.8 Å². The molecule has 15 heavy (non-hydrogen) atoms. The molecular weight excluding hydrogens is 224 g/mol. The molecule has 0 bridgehead atoms. The van der Waals surface area contributed by atoms with E-state index in [0.29, 0.717) is 0 Å². The van der Waals surface area contributed by atoms with Crippen LogP contribution in [0.3, 0.4) is 0 Å². The summed E-state index contributed by atoms with van der Waals surface area (Å²) in [5.74, 6) is -0.0933. The maximum atomic E-state index is 11.2. The number of ether oxygens (including phenoxy) is 1. The molecule has 0 aromatic rings. The second-order valence-electron chi connectivity index (χ2n) is 3.25. The lowest BCUT2D eigenvalue weighted by atomic mass is 10.1. The highest BCUT2D eigenvalue weighted by Gasteiger charge is 2.21. The zero-order chi connectivity index (χ0) is 12.1. The minimum atomic E-state index is -3.98. The highest BCUT2D eigenvalue weighted by molar-refractivity contribution is 7.88. The van der Waals surface area contributed by atoms with Crippen molar-refractivity contribution in [2.45, 2.75) is 19.9 Å². The number of rotatable bonds is 5. The van der Waals surface area contributed by atoms with Crippen molar-refractivity contribution < 1.29 is 23.1 Å². The summed E-state index contributed by atoms with van der Waals surface area (Å²) in [4.78, 5) is 10.7. The van der Waals surface area contributed by atoms with Gasteiger partial charge in [0.1, 0.15) is 0 Å². The first-order valence-electron chi connectivity index (χ1n) is 4.31. The molecule has 8 heteroatoms. The van der Waals surface area contributed by atoms with E-state index in [0.717, 1.165) is 7.11 Å². The van der Waals surface area contributed by atoms with Crippen LogP contribution >= 0.6 is 0 Å². The van der Waals surface area contributed by atoms with Gasteiger partial charge in [-0.1, -0.05) is 13.8 Å². The van der Waals surface area contributed by atoms with Gasteiger partial charge in [0.15, 0.2) is 0 Å². The molecule has 0 rings (SSSR count). The summed E-state index contributed by atoms with van der Waals surface area (Å²) in [6, 6.07) is -0.646. The predicted octanol–water partition coefficient (Wildman–Crippen LogP) is -0.806. The average Bonchev–Trinajstić information content (AvgIpc) is 2.13. The lowest BCUT2D eigenvalue weighted by molar-refractivity contribution is 0.177. The van der Waals surface area contributed by atoms with E-state index in [2.05, 4.69) is 9.46 Å². The lowest BCUT2D eigenvalue weighted by Gasteiger charge is -2.19. The summed E-state index contributed by atoms with van der Waals surface area (Å²) < 4.78 is 30.3. The fourth-order valence-electron chi connectivity index (χ4n) is 0.764. The Balaban J connectivity index is 4.42. The smallest absolute Gasteiger partial charge is 0.421 e. The number of amides is 1. The second-order valence-corrected chi connectivity index (χ2v) is 4.69. The van der Waals surface area contributed by atoms with Crippen LogP contribution < -0.4 is 9.44 Å². The van der Waals surface area contributed by atoms with Gasteiger partial charge in [0.25, 0.3) is 0 Å². The summed E-state index contributed by atoms with van der Waals surface area (Å²) in [6.07, 6.45) is -1.08.